The monoisotopic (exact) mass is 314 g/mol. The van der Waals surface area contributed by atoms with E-state index in [1.807, 2.05) is 0 Å². The summed E-state index contributed by atoms with van der Waals surface area (Å²) in [5.41, 5.74) is 2.25. The van der Waals surface area contributed by atoms with Gasteiger partial charge in [0.05, 0.1) is 8.07 Å². The van der Waals surface area contributed by atoms with E-state index in [1.54, 1.807) is 0 Å². The summed E-state index contributed by atoms with van der Waals surface area (Å²) in [6, 6.07) is 2.79. The van der Waals surface area contributed by atoms with Crippen LogP contribution in [0.3, 0.4) is 0 Å². The Hall–Kier alpha value is 0.0938. The van der Waals surface area contributed by atoms with Gasteiger partial charge in [0.2, 0.25) is 8.40 Å². The summed E-state index contributed by atoms with van der Waals surface area (Å²) < 4.78 is 5.53. The fourth-order valence-electron chi connectivity index (χ4n) is 3.31. The highest BCUT2D eigenvalue weighted by Crippen LogP contribution is 2.25. The Kier molecular flexibility index (Phi) is 9.22. The third kappa shape index (κ3) is 5.47. The molecule has 0 aromatic heterocycles. The second-order valence-electron chi connectivity index (χ2n) is 6.61. The Morgan fingerprint density at radius 3 is 1.50 bits per heavy atom. The first-order chi connectivity index (χ1) is 9.31. The van der Waals surface area contributed by atoms with Crippen molar-refractivity contribution >= 4 is 16.5 Å². The fourth-order valence-corrected chi connectivity index (χ4v) is 9.56. The third-order valence-corrected chi connectivity index (χ3v) is 13.0. The lowest BCUT2D eigenvalue weighted by Gasteiger charge is -2.46. The van der Waals surface area contributed by atoms with Crippen molar-refractivity contribution in [3.8, 4) is 0 Å². The van der Waals surface area contributed by atoms with Crippen molar-refractivity contribution in [2.24, 2.45) is 0 Å². The molecule has 0 saturated heterocycles. The van der Waals surface area contributed by atoms with E-state index in [1.165, 1.54) is 44.7 Å². The molecule has 0 aliphatic carbocycles. The van der Waals surface area contributed by atoms with Crippen molar-refractivity contribution in [1.82, 2.24) is 9.13 Å². The summed E-state index contributed by atoms with van der Waals surface area (Å²) in [5, 5.41) is 0. The van der Waals surface area contributed by atoms with Crippen molar-refractivity contribution in [2.45, 2.75) is 65.8 Å². The molecule has 0 aromatic rings. The van der Waals surface area contributed by atoms with Crippen LogP contribution >= 0.6 is 0 Å². The van der Waals surface area contributed by atoms with Crippen LogP contribution in [0.5, 0.6) is 0 Å². The summed E-state index contributed by atoms with van der Waals surface area (Å²) in [7, 11) is -2.60. The van der Waals surface area contributed by atoms with E-state index in [0.29, 0.717) is 0 Å². The maximum atomic E-state index is 4.03. The van der Waals surface area contributed by atoms with Gasteiger partial charge in [-0.3, -0.25) is 0 Å². The van der Waals surface area contributed by atoms with Gasteiger partial charge in [0.15, 0.2) is 0 Å². The van der Waals surface area contributed by atoms with Gasteiger partial charge in [0, 0.05) is 0 Å². The minimum Gasteiger partial charge on any atom is -0.312 e. The zero-order chi connectivity index (χ0) is 15.8. The molecule has 0 rings (SSSR count). The molecule has 0 N–H and O–H groups in total. The lowest BCUT2D eigenvalue weighted by Crippen LogP contribution is -2.63. The quantitative estimate of drug-likeness (QED) is 0.516. The van der Waals surface area contributed by atoms with E-state index in [9.17, 15) is 0 Å². The first-order valence-corrected chi connectivity index (χ1v) is 14.3. The second-order valence-corrected chi connectivity index (χ2v) is 15.7. The Labute approximate surface area is 130 Å². The Morgan fingerprint density at radius 2 is 1.20 bits per heavy atom. The number of nitrogens with zero attached hydrogens (tertiary/aromatic N) is 2. The van der Waals surface area contributed by atoms with Gasteiger partial charge < -0.3 is 9.13 Å². The summed E-state index contributed by atoms with van der Waals surface area (Å²) in [6.07, 6.45) is 1.38. The van der Waals surface area contributed by atoms with E-state index in [-0.39, 0.29) is 0 Å². The normalized spacial score (nSPS) is 13.2. The van der Waals surface area contributed by atoms with Gasteiger partial charge in [-0.2, -0.15) is 0 Å². The fraction of sp³-hybridized carbons (Fsp3) is 0.875. The summed E-state index contributed by atoms with van der Waals surface area (Å²) in [4.78, 5) is 0. The molecule has 0 saturated carbocycles. The van der Waals surface area contributed by atoms with E-state index >= 15 is 0 Å². The maximum absolute atomic E-state index is 4.03. The minimum atomic E-state index is -1.47. The van der Waals surface area contributed by atoms with Gasteiger partial charge in [-0.05, 0) is 38.8 Å². The van der Waals surface area contributed by atoms with Gasteiger partial charge in [0.25, 0.3) is 0 Å². The lowest BCUT2D eigenvalue weighted by molar-refractivity contribution is 0.353. The molecule has 120 valence electrons. The van der Waals surface area contributed by atoms with Crippen LogP contribution in [-0.2, 0) is 0 Å². The molecule has 4 heteroatoms. The van der Waals surface area contributed by atoms with Crippen molar-refractivity contribution in [3.05, 3.63) is 12.3 Å². The predicted molar refractivity (Wildman–Crippen MR) is 99.4 cm³/mol. The van der Waals surface area contributed by atoms with Crippen molar-refractivity contribution in [2.75, 3.05) is 26.2 Å². The van der Waals surface area contributed by atoms with Crippen molar-refractivity contribution in [3.63, 3.8) is 0 Å². The molecule has 0 amide bonds. The van der Waals surface area contributed by atoms with Gasteiger partial charge in [-0.1, -0.05) is 53.3 Å². The van der Waals surface area contributed by atoms with Crippen LogP contribution in [0.25, 0.3) is 0 Å². The summed E-state index contributed by atoms with van der Waals surface area (Å²) >= 11 is 0. The number of hydrogen-bond donors (Lipinski definition) is 0. The molecule has 0 spiro atoms. The molecule has 0 unspecified atom stereocenters. The van der Waals surface area contributed by atoms with Crippen LogP contribution in [0, 0.1) is 0 Å². The molecule has 0 fully saturated rings. The largest absolute Gasteiger partial charge is 0.312 e. The molecule has 0 bridgehead atoms. The molecule has 0 aliphatic heterocycles. The van der Waals surface area contributed by atoms with Gasteiger partial charge in [0.1, 0.15) is 0 Å². The number of rotatable bonds is 11. The van der Waals surface area contributed by atoms with Gasteiger partial charge in [-0.25, -0.2) is 0 Å². The summed E-state index contributed by atoms with van der Waals surface area (Å²) in [6.45, 7) is 25.5. The molecule has 0 aromatic carbocycles. The lowest BCUT2D eigenvalue weighted by atomic mass is 10.6. The highest BCUT2D eigenvalue weighted by Gasteiger charge is 2.38. The van der Waals surface area contributed by atoms with Crippen LogP contribution in [0.1, 0.15) is 34.1 Å². The van der Waals surface area contributed by atoms with E-state index in [2.05, 4.69) is 68.7 Å². The van der Waals surface area contributed by atoms with Crippen LogP contribution in [-0.4, -0.2) is 51.8 Å². The molecule has 2 nitrogen and oxygen atoms in total. The summed E-state index contributed by atoms with van der Waals surface area (Å²) in [5.74, 6) is 0. The topological polar surface area (TPSA) is 6.48 Å². The molecule has 0 aliphatic rings. The average molecular weight is 315 g/mol. The van der Waals surface area contributed by atoms with Gasteiger partial charge >= 0.3 is 0 Å². The van der Waals surface area contributed by atoms with E-state index < -0.39 is 16.5 Å². The third-order valence-electron chi connectivity index (χ3n) is 4.91. The van der Waals surface area contributed by atoms with Gasteiger partial charge in [-0.15, -0.1) is 12.3 Å². The first-order valence-electron chi connectivity index (χ1n) is 8.44. The predicted octanol–water partition coefficient (Wildman–Crippen LogP) is 4.57. The Bertz CT molecular complexity index is 260. The molecule has 0 radical (unpaired) electrons. The van der Waals surface area contributed by atoms with E-state index in [4.69, 9.17) is 0 Å². The highest BCUT2D eigenvalue weighted by atomic mass is 28.3. The zero-order valence-electron chi connectivity index (χ0n) is 15.1. The van der Waals surface area contributed by atoms with Crippen LogP contribution in [0.4, 0.5) is 0 Å². The average Bonchev–Trinajstić information content (AvgIpc) is 2.41. The molecular formula is C16H38N2Si2. The zero-order valence-corrected chi connectivity index (χ0v) is 17.1. The maximum Gasteiger partial charge on any atom is 0.203 e. The minimum absolute atomic E-state index is 1.14. The molecular weight excluding hydrogens is 276 g/mol. The first kappa shape index (κ1) is 20.1. The van der Waals surface area contributed by atoms with Crippen LogP contribution in [0.15, 0.2) is 12.3 Å². The Morgan fingerprint density at radius 1 is 0.800 bits per heavy atom. The van der Waals surface area contributed by atoms with Crippen molar-refractivity contribution in [1.29, 1.82) is 0 Å². The van der Waals surface area contributed by atoms with E-state index in [0.717, 1.165) is 0 Å². The molecule has 0 heterocycles. The van der Waals surface area contributed by atoms with Crippen molar-refractivity contribution < 1.29 is 0 Å². The van der Waals surface area contributed by atoms with Crippen LogP contribution in [0.2, 0.25) is 31.7 Å². The van der Waals surface area contributed by atoms with Crippen LogP contribution < -0.4 is 0 Å². The highest BCUT2D eigenvalue weighted by molar-refractivity contribution is 6.82. The smallest absolute Gasteiger partial charge is 0.203 e. The SMILES string of the molecule is C=C[Si](C)(C)CCC[Si](C)(N(CC)CC)N(CC)CC. The molecule has 0 atom stereocenters. The number of hydrogen-bond acceptors (Lipinski definition) is 2. The second kappa shape index (κ2) is 9.18. The Balaban J connectivity index is 4.90. The molecule has 20 heavy (non-hydrogen) atoms. The standard InChI is InChI=1S/C16H38N2Si2/c1-9-17(10-2)20(8,18(11-3)12-4)16-14-15-19(6,7)13-5/h13H,5,9-12,14-16H2,1-4,6-8H3.